The standard InChI is InChI=1S/C36H40BrN3O5S/c1-26-16-18-29(19-17-26)40(46(43,44)30-20-21-33(45-5)31(37)23-30)25-34(41)39(24-28-14-10-7-11-15-28)32(35(42)38-36(2,3)4)22-27-12-8-6-9-13-27/h6-21,23,32H,22,24-25H2,1-5H3,(H,38,42)/t32-/m0/s1. The smallest absolute Gasteiger partial charge is 0.264 e. The van der Waals surface area contributed by atoms with Gasteiger partial charge in [0, 0.05) is 18.5 Å². The molecule has 0 aromatic heterocycles. The molecule has 0 fully saturated rings. The lowest BCUT2D eigenvalue weighted by molar-refractivity contribution is -0.140. The maximum absolute atomic E-state index is 14.6. The third-order valence-corrected chi connectivity index (χ3v) is 9.67. The van der Waals surface area contributed by atoms with E-state index in [1.165, 1.54) is 24.1 Å². The maximum Gasteiger partial charge on any atom is 0.264 e. The van der Waals surface area contributed by atoms with Crippen LogP contribution in [-0.2, 0) is 32.6 Å². The molecule has 242 valence electrons. The van der Waals surface area contributed by atoms with Crippen molar-refractivity contribution in [3.05, 3.63) is 124 Å². The lowest BCUT2D eigenvalue weighted by Crippen LogP contribution is -2.56. The summed E-state index contributed by atoms with van der Waals surface area (Å²) < 4.78 is 35.4. The molecule has 46 heavy (non-hydrogen) atoms. The van der Waals surface area contributed by atoms with Crippen LogP contribution in [0.3, 0.4) is 0 Å². The van der Waals surface area contributed by atoms with Gasteiger partial charge in [0.2, 0.25) is 11.8 Å². The molecule has 10 heteroatoms. The number of nitrogens with one attached hydrogen (secondary N) is 1. The van der Waals surface area contributed by atoms with Crippen molar-refractivity contribution in [1.29, 1.82) is 0 Å². The zero-order valence-corrected chi connectivity index (χ0v) is 29.1. The summed E-state index contributed by atoms with van der Waals surface area (Å²) in [6.07, 6.45) is 0.240. The van der Waals surface area contributed by atoms with Gasteiger partial charge < -0.3 is 15.0 Å². The van der Waals surface area contributed by atoms with Crippen LogP contribution >= 0.6 is 15.9 Å². The van der Waals surface area contributed by atoms with E-state index in [2.05, 4.69) is 21.2 Å². The Labute approximate surface area is 280 Å². The van der Waals surface area contributed by atoms with Gasteiger partial charge >= 0.3 is 0 Å². The number of rotatable bonds is 12. The molecule has 1 N–H and O–H groups in total. The summed E-state index contributed by atoms with van der Waals surface area (Å²) in [5.74, 6) is -0.380. The Morgan fingerprint density at radius 3 is 2.00 bits per heavy atom. The first kappa shape index (κ1) is 34.7. The third-order valence-electron chi connectivity index (χ3n) is 7.28. The van der Waals surface area contributed by atoms with Crippen LogP contribution in [-0.4, -0.2) is 50.4 Å². The molecular formula is C36H40BrN3O5S. The summed E-state index contributed by atoms with van der Waals surface area (Å²) in [5, 5.41) is 3.04. The predicted molar refractivity (Wildman–Crippen MR) is 185 cm³/mol. The number of ether oxygens (including phenoxy) is 1. The number of amides is 2. The zero-order chi connectivity index (χ0) is 33.5. The molecule has 0 spiro atoms. The summed E-state index contributed by atoms with van der Waals surface area (Å²) in [4.78, 5) is 30.0. The Kier molecular flexibility index (Phi) is 11.3. The highest BCUT2D eigenvalue weighted by molar-refractivity contribution is 9.10. The van der Waals surface area contributed by atoms with E-state index >= 15 is 0 Å². The van der Waals surface area contributed by atoms with Gasteiger partial charge in [-0.25, -0.2) is 8.42 Å². The van der Waals surface area contributed by atoms with E-state index < -0.39 is 34.1 Å². The molecule has 0 aliphatic rings. The maximum atomic E-state index is 14.6. The number of nitrogens with zero attached hydrogens (tertiary/aromatic N) is 2. The molecule has 2 amide bonds. The molecule has 0 saturated carbocycles. The van der Waals surface area contributed by atoms with Crippen molar-refractivity contribution in [2.45, 2.75) is 57.1 Å². The molecule has 0 aliphatic heterocycles. The first-order valence-electron chi connectivity index (χ1n) is 14.9. The molecule has 0 aliphatic carbocycles. The molecular weight excluding hydrogens is 666 g/mol. The van der Waals surface area contributed by atoms with Crippen LogP contribution in [0.5, 0.6) is 5.75 Å². The lowest BCUT2D eigenvalue weighted by Gasteiger charge is -2.35. The van der Waals surface area contributed by atoms with Crippen LogP contribution in [0, 0.1) is 6.92 Å². The summed E-state index contributed by atoms with van der Waals surface area (Å²) in [6, 6.07) is 29.3. The van der Waals surface area contributed by atoms with Crippen LogP contribution in [0.15, 0.2) is 112 Å². The number of hydrogen-bond acceptors (Lipinski definition) is 5. The molecule has 4 aromatic carbocycles. The molecule has 4 rings (SSSR count). The molecule has 8 nitrogen and oxygen atoms in total. The van der Waals surface area contributed by atoms with Gasteiger partial charge in [0.15, 0.2) is 0 Å². The van der Waals surface area contributed by atoms with Crippen molar-refractivity contribution >= 4 is 43.5 Å². The van der Waals surface area contributed by atoms with Gasteiger partial charge in [-0.1, -0.05) is 78.4 Å². The normalized spacial score (nSPS) is 12.2. The quantitative estimate of drug-likeness (QED) is 0.181. The number of sulfonamides is 1. The highest BCUT2D eigenvalue weighted by Crippen LogP contribution is 2.31. The number of methoxy groups -OCH3 is 1. The molecule has 0 saturated heterocycles. The number of carbonyl (C=O) groups excluding carboxylic acids is 2. The molecule has 4 aromatic rings. The Morgan fingerprint density at radius 2 is 1.46 bits per heavy atom. The minimum atomic E-state index is -4.25. The van der Waals surface area contributed by atoms with Gasteiger partial charge in [-0.15, -0.1) is 0 Å². The summed E-state index contributed by atoms with van der Waals surface area (Å²) in [7, 11) is -2.76. The van der Waals surface area contributed by atoms with Crippen molar-refractivity contribution < 1.29 is 22.7 Å². The second kappa shape index (κ2) is 15.0. The van der Waals surface area contributed by atoms with Crippen molar-refractivity contribution in [3.8, 4) is 5.75 Å². The first-order valence-corrected chi connectivity index (χ1v) is 17.1. The van der Waals surface area contributed by atoms with Crippen LogP contribution in [0.4, 0.5) is 5.69 Å². The van der Waals surface area contributed by atoms with Gasteiger partial charge in [0.1, 0.15) is 18.3 Å². The number of benzene rings is 4. The molecule has 1 atom stereocenters. The van der Waals surface area contributed by atoms with Crippen LogP contribution < -0.4 is 14.4 Å². The van der Waals surface area contributed by atoms with E-state index in [9.17, 15) is 18.0 Å². The van der Waals surface area contributed by atoms with E-state index in [0.717, 1.165) is 21.0 Å². The number of carbonyl (C=O) groups is 2. The summed E-state index contributed by atoms with van der Waals surface area (Å²) in [5.41, 5.74) is 2.37. The molecule has 0 radical (unpaired) electrons. The second-order valence-corrected chi connectivity index (χ2v) is 14.8. The topological polar surface area (TPSA) is 96.0 Å². The van der Waals surface area contributed by atoms with Crippen molar-refractivity contribution in [2.24, 2.45) is 0 Å². The third kappa shape index (κ3) is 8.98. The second-order valence-electron chi connectivity index (χ2n) is 12.1. The SMILES string of the molecule is COc1ccc(S(=O)(=O)N(CC(=O)N(Cc2ccccc2)[C@@H](Cc2ccccc2)C(=O)NC(C)(C)C)c2ccc(C)cc2)cc1Br. The molecule has 0 bridgehead atoms. The Hall–Kier alpha value is -4.15. The fraction of sp³-hybridized carbons (Fsp3) is 0.278. The van der Waals surface area contributed by atoms with E-state index in [1.807, 2.05) is 88.4 Å². The van der Waals surface area contributed by atoms with Gasteiger partial charge in [-0.3, -0.25) is 13.9 Å². The average molecular weight is 707 g/mol. The van der Waals surface area contributed by atoms with Crippen LogP contribution in [0.2, 0.25) is 0 Å². The van der Waals surface area contributed by atoms with E-state index in [-0.39, 0.29) is 23.8 Å². The van der Waals surface area contributed by atoms with E-state index in [0.29, 0.717) is 15.9 Å². The van der Waals surface area contributed by atoms with Crippen LogP contribution in [0.25, 0.3) is 0 Å². The van der Waals surface area contributed by atoms with E-state index in [1.54, 1.807) is 30.3 Å². The molecule has 0 unspecified atom stereocenters. The highest BCUT2D eigenvalue weighted by Gasteiger charge is 2.35. The number of hydrogen-bond donors (Lipinski definition) is 1. The molecule has 0 heterocycles. The average Bonchev–Trinajstić information content (AvgIpc) is 3.02. The minimum absolute atomic E-state index is 0.0190. The van der Waals surface area contributed by atoms with Crippen LogP contribution in [0.1, 0.15) is 37.5 Å². The monoisotopic (exact) mass is 705 g/mol. The lowest BCUT2D eigenvalue weighted by atomic mass is 10.0. The summed E-state index contributed by atoms with van der Waals surface area (Å²) >= 11 is 3.39. The number of halogens is 1. The fourth-order valence-electron chi connectivity index (χ4n) is 4.96. The van der Waals surface area contributed by atoms with Gasteiger partial charge in [0.25, 0.3) is 10.0 Å². The highest BCUT2D eigenvalue weighted by atomic mass is 79.9. The van der Waals surface area contributed by atoms with Crippen molar-refractivity contribution in [3.63, 3.8) is 0 Å². The first-order chi connectivity index (χ1) is 21.8. The zero-order valence-electron chi connectivity index (χ0n) is 26.7. The predicted octanol–water partition coefficient (Wildman–Crippen LogP) is 6.52. The van der Waals surface area contributed by atoms with Gasteiger partial charge in [-0.05, 0) is 85.1 Å². The van der Waals surface area contributed by atoms with Gasteiger partial charge in [-0.2, -0.15) is 0 Å². The number of anilines is 1. The van der Waals surface area contributed by atoms with Crippen molar-refractivity contribution in [1.82, 2.24) is 10.2 Å². The van der Waals surface area contributed by atoms with Crippen molar-refractivity contribution in [2.75, 3.05) is 18.0 Å². The Morgan fingerprint density at radius 1 is 0.870 bits per heavy atom. The number of aryl methyl sites for hydroxylation is 1. The van der Waals surface area contributed by atoms with Gasteiger partial charge in [0.05, 0.1) is 22.2 Å². The summed E-state index contributed by atoms with van der Waals surface area (Å²) in [6.45, 7) is 7.12. The van der Waals surface area contributed by atoms with E-state index in [4.69, 9.17) is 4.74 Å². The largest absolute Gasteiger partial charge is 0.496 e. The Bertz CT molecular complexity index is 1740. The fourth-order valence-corrected chi connectivity index (χ4v) is 7.09. The minimum Gasteiger partial charge on any atom is -0.496 e. The Balaban J connectivity index is 1.81.